The number of hydrogen-bond donors (Lipinski definition) is 3. The molecule has 2 amide bonds. The lowest BCUT2D eigenvalue weighted by molar-refractivity contribution is -0.121. The summed E-state index contributed by atoms with van der Waals surface area (Å²) in [6.07, 6.45) is 5.17. The Balaban J connectivity index is 1.40. The van der Waals surface area contributed by atoms with E-state index in [1.165, 1.54) is 19.2 Å². The lowest BCUT2D eigenvalue weighted by Crippen LogP contribution is -2.47. The smallest absolute Gasteiger partial charge is 0.496 e. The Morgan fingerprint density at radius 3 is 2.49 bits per heavy atom. The molecule has 2 aliphatic rings. The maximum Gasteiger partial charge on any atom is 0.501 e. The highest BCUT2D eigenvalue weighted by atomic mass is 32.2. The second-order valence-electron chi connectivity index (χ2n) is 9.81. The molecule has 2 aliphatic carbocycles. The Kier molecular flexibility index (Phi) is 7.77. The predicted molar refractivity (Wildman–Crippen MR) is 145 cm³/mol. The van der Waals surface area contributed by atoms with Crippen molar-refractivity contribution in [3.8, 4) is 16.3 Å². The van der Waals surface area contributed by atoms with Crippen LogP contribution in [-0.4, -0.2) is 55.0 Å². The molecule has 1 heterocycles. The minimum Gasteiger partial charge on any atom is -0.496 e. The number of anilines is 1. The molecule has 3 N–H and O–H groups in total. The molecule has 10 nitrogen and oxygen atoms in total. The molecule has 1 fully saturated rings. The molecule has 1 aromatic heterocycles. The lowest BCUT2D eigenvalue weighted by atomic mass is 9.87. The van der Waals surface area contributed by atoms with Crippen molar-refractivity contribution in [1.29, 1.82) is 0 Å². The minimum absolute atomic E-state index is 0.0153. The van der Waals surface area contributed by atoms with E-state index >= 15 is 0 Å². The molecular weight excluding hydrogens is 618 g/mol. The molecule has 16 heteroatoms. The Morgan fingerprint density at radius 2 is 1.84 bits per heavy atom. The Hall–Kier alpha value is -4.31. The number of benzene rings is 2. The zero-order valence-corrected chi connectivity index (χ0v) is 23.5. The summed E-state index contributed by atoms with van der Waals surface area (Å²) in [7, 11) is -4.42. The number of nitrogens with one attached hydrogen (secondary N) is 2. The summed E-state index contributed by atoms with van der Waals surface area (Å²) in [5, 5.41) is 14.4. The Morgan fingerprint density at radius 1 is 1.12 bits per heavy atom. The number of carboxylic acids is 1. The van der Waals surface area contributed by atoms with E-state index in [9.17, 15) is 45.5 Å². The molecule has 0 radical (unpaired) electrons. The van der Waals surface area contributed by atoms with Crippen LogP contribution in [-0.2, 0) is 14.6 Å². The van der Waals surface area contributed by atoms with E-state index in [-0.39, 0.29) is 44.3 Å². The van der Waals surface area contributed by atoms with E-state index in [0.717, 1.165) is 24.4 Å². The van der Waals surface area contributed by atoms with Gasteiger partial charge in [-0.15, -0.1) is 11.3 Å². The lowest BCUT2D eigenvalue weighted by Gasteiger charge is -2.28. The zero-order valence-electron chi connectivity index (χ0n) is 21.9. The number of nitrogens with zero attached hydrogens (tertiary/aromatic N) is 1. The summed E-state index contributed by atoms with van der Waals surface area (Å²) in [6.45, 7) is 0. The normalized spacial score (nSPS) is 21.0. The summed E-state index contributed by atoms with van der Waals surface area (Å²) < 4.78 is 82.8. The van der Waals surface area contributed by atoms with Crippen molar-refractivity contribution in [3.05, 3.63) is 71.0 Å². The van der Waals surface area contributed by atoms with Gasteiger partial charge in [-0.05, 0) is 42.5 Å². The highest BCUT2D eigenvalue weighted by Gasteiger charge is 2.49. The molecule has 0 aliphatic heterocycles. The van der Waals surface area contributed by atoms with Crippen molar-refractivity contribution in [2.45, 2.75) is 22.9 Å². The monoisotopic (exact) mass is 639 g/mol. The first-order valence-corrected chi connectivity index (χ1v) is 14.8. The highest BCUT2D eigenvalue weighted by Crippen LogP contribution is 2.45. The average molecular weight is 640 g/mol. The standard InChI is InChI=1S/C27H21F4N3O7S2/c1-41-19-10-18(28)16(25-32-11-20(42-25)26(37)38)9-17(19)23(35)34-22-13-6-5-12(7-13)21(22)24(36)33-14-3-2-4-15(8-14)43(39,40)27(29,30)31/h2-6,8-13,21-22H,7H2,1H3,(H,33,36)(H,34,35)(H,37,38)/t12-,13+,21+,22-/m0/s1. The van der Waals surface area contributed by atoms with Crippen LogP contribution in [0.15, 0.2) is 59.6 Å². The molecule has 5 rings (SSSR count). The third kappa shape index (κ3) is 5.59. The highest BCUT2D eigenvalue weighted by molar-refractivity contribution is 7.92. The van der Waals surface area contributed by atoms with Crippen molar-refractivity contribution in [3.63, 3.8) is 0 Å². The van der Waals surface area contributed by atoms with Gasteiger partial charge in [0.1, 0.15) is 21.5 Å². The van der Waals surface area contributed by atoms with E-state index in [4.69, 9.17) is 4.74 Å². The van der Waals surface area contributed by atoms with E-state index in [2.05, 4.69) is 15.6 Å². The second-order valence-corrected chi connectivity index (χ2v) is 12.8. The number of fused-ring (bicyclic) bond motifs is 2. The number of amides is 2. The summed E-state index contributed by atoms with van der Waals surface area (Å²) >= 11 is 0.708. The molecular formula is C27H21F4N3O7S2. The number of methoxy groups -OCH3 is 1. The van der Waals surface area contributed by atoms with Gasteiger partial charge in [-0.3, -0.25) is 9.59 Å². The number of aromatic carboxylic acids is 1. The molecule has 1 saturated carbocycles. The molecule has 4 atom stereocenters. The van der Waals surface area contributed by atoms with Gasteiger partial charge in [-0.25, -0.2) is 22.6 Å². The largest absolute Gasteiger partial charge is 0.501 e. The number of alkyl halides is 3. The van der Waals surface area contributed by atoms with Crippen molar-refractivity contribution in [2.24, 2.45) is 17.8 Å². The third-order valence-electron chi connectivity index (χ3n) is 7.26. The van der Waals surface area contributed by atoms with Crippen molar-refractivity contribution in [1.82, 2.24) is 10.3 Å². The number of carbonyl (C=O) groups is 3. The van der Waals surface area contributed by atoms with Gasteiger partial charge in [0.2, 0.25) is 5.91 Å². The fraction of sp³-hybridized carbons (Fsp3) is 0.259. The van der Waals surface area contributed by atoms with Gasteiger partial charge in [0.05, 0.1) is 29.7 Å². The number of thiazole rings is 1. The van der Waals surface area contributed by atoms with Gasteiger partial charge in [-0.2, -0.15) is 13.2 Å². The molecule has 2 aromatic carbocycles. The predicted octanol–water partition coefficient (Wildman–Crippen LogP) is 4.51. The van der Waals surface area contributed by atoms with Crippen LogP contribution in [0.4, 0.5) is 23.2 Å². The number of ether oxygens (including phenoxy) is 1. The molecule has 0 saturated heterocycles. The molecule has 2 bridgehead atoms. The fourth-order valence-corrected chi connectivity index (χ4v) is 6.85. The Labute approximate surface area is 245 Å². The van der Waals surface area contributed by atoms with Crippen LogP contribution in [0.3, 0.4) is 0 Å². The number of rotatable bonds is 8. The summed E-state index contributed by atoms with van der Waals surface area (Å²) in [4.78, 5) is 40.8. The zero-order chi connectivity index (χ0) is 31.3. The molecule has 0 spiro atoms. The van der Waals surface area contributed by atoms with Gasteiger partial charge >= 0.3 is 11.5 Å². The van der Waals surface area contributed by atoms with Gasteiger partial charge in [0.15, 0.2) is 0 Å². The van der Waals surface area contributed by atoms with Gasteiger partial charge in [0, 0.05) is 23.4 Å². The van der Waals surface area contributed by atoms with Crippen LogP contribution in [0, 0.1) is 23.6 Å². The van der Waals surface area contributed by atoms with Gasteiger partial charge in [-0.1, -0.05) is 18.2 Å². The van der Waals surface area contributed by atoms with Crippen LogP contribution < -0.4 is 15.4 Å². The van der Waals surface area contributed by atoms with Gasteiger partial charge < -0.3 is 20.5 Å². The molecule has 3 aromatic rings. The van der Waals surface area contributed by atoms with Crippen LogP contribution >= 0.6 is 11.3 Å². The number of sulfone groups is 1. The number of carbonyl (C=O) groups excluding carboxylic acids is 2. The minimum atomic E-state index is -5.65. The van der Waals surface area contributed by atoms with Crippen molar-refractivity contribution >= 4 is 44.6 Å². The molecule has 226 valence electrons. The van der Waals surface area contributed by atoms with Crippen LogP contribution in [0.1, 0.15) is 26.5 Å². The topological polar surface area (TPSA) is 152 Å². The van der Waals surface area contributed by atoms with E-state index in [1.807, 2.05) is 6.08 Å². The quantitative estimate of drug-likeness (QED) is 0.241. The number of halogens is 4. The van der Waals surface area contributed by atoms with Crippen molar-refractivity contribution in [2.75, 3.05) is 12.4 Å². The Bertz CT molecular complexity index is 1770. The molecule has 0 unspecified atom stereocenters. The van der Waals surface area contributed by atoms with E-state index < -0.39 is 55.8 Å². The van der Waals surface area contributed by atoms with Crippen molar-refractivity contribution < 1.29 is 50.2 Å². The summed E-state index contributed by atoms with van der Waals surface area (Å²) in [5.74, 6) is -5.04. The van der Waals surface area contributed by atoms with Crippen LogP contribution in [0.5, 0.6) is 5.75 Å². The van der Waals surface area contributed by atoms with E-state index in [1.54, 1.807) is 6.08 Å². The number of allylic oxidation sites excluding steroid dienone is 1. The van der Waals surface area contributed by atoms with Crippen LogP contribution in [0.25, 0.3) is 10.6 Å². The second kappa shape index (κ2) is 11.1. The van der Waals surface area contributed by atoms with E-state index in [0.29, 0.717) is 23.8 Å². The maximum absolute atomic E-state index is 14.9. The number of carboxylic acid groups (broad SMARTS) is 1. The maximum atomic E-state index is 14.9. The first-order valence-electron chi connectivity index (χ1n) is 12.5. The number of aromatic nitrogens is 1. The third-order valence-corrected chi connectivity index (χ3v) is 9.76. The molecule has 43 heavy (non-hydrogen) atoms. The number of hydrogen-bond acceptors (Lipinski definition) is 8. The fourth-order valence-electron chi connectivity index (χ4n) is 5.27. The average Bonchev–Trinajstić information content (AvgIpc) is 3.69. The summed E-state index contributed by atoms with van der Waals surface area (Å²) in [5.41, 5.74) is -5.96. The summed E-state index contributed by atoms with van der Waals surface area (Å²) in [6, 6.07) is 5.12. The SMILES string of the molecule is COc1cc(F)c(-c2ncc(C(=O)O)s2)cc1C(=O)N[C@@H]1[C@H](C(=O)Nc2cccc(S(=O)(=O)C(F)(F)F)c2)[C@H]2C=C[C@@H]1C2. The van der Waals surface area contributed by atoms with Gasteiger partial charge in [0.25, 0.3) is 15.7 Å². The first kappa shape index (κ1) is 30.2. The van der Waals surface area contributed by atoms with Crippen LogP contribution in [0.2, 0.25) is 0 Å². The first-order chi connectivity index (χ1) is 20.2.